The highest BCUT2D eigenvalue weighted by Crippen LogP contribution is 2.50. The van der Waals surface area contributed by atoms with Crippen molar-refractivity contribution in [3.8, 4) is 0 Å². The maximum atomic E-state index is 6.30. The van der Waals surface area contributed by atoms with E-state index < -0.39 is 0 Å². The van der Waals surface area contributed by atoms with Gasteiger partial charge in [-0.3, -0.25) is 0 Å². The third-order valence-corrected chi connectivity index (χ3v) is 5.27. The molecular weight excluding hydrogens is 312 g/mol. The molecule has 2 N–H and O–H groups in total. The molecular formula is C17H17BrN2. The van der Waals surface area contributed by atoms with Crippen LogP contribution < -0.4 is 10.6 Å². The van der Waals surface area contributed by atoms with E-state index in [2.05, 4.69) is 63.3 Å². The molecule has 1 aliphatic carbocycles. The first-order valence-corrected chi connectivity index (χ1v) is 7.95. The minimum atomic E-state index is 0.217. The summed E-state index contributed by atoms with van der Waals surface area (Å²) in [5.74, 6) is 0.648. The maximum Gasteiger partial charge on any atom is 0.0555 e. The van der Waals surface area contributed by atoms with E-state index in [0.29, 0.717) is 5.92 Å². The second-order valence-electron chi connectivity index (χ2n) is 5.71. The van der Waals surface area contributed by atoms with Gasteiger partial charge in [-0.2, -0.15) is 0 Å². The van der Waals surface area contributed by atoms with Crippen LogP contribution in [-0.4, -0.2) is 6.54 Å². The Morgan fingerprint density at radius 3 is 2.70 bits per heavy atom. The highest BCUT2D eigenvalue weighted by atomic mass is 79.9. The normalized spacial score (nSPS) is 23.8. The molecule has 2 aliphatic rings. The van der Waals surface area contributed by atoms with Gasteiger partial charge in [0.1, 0.15) is 0 Å². The van der Waals surface area contributed by atoms with Crippen LogP contribution in [0.2, 0.25) is 0 Å². The first-order valence-electron chi connectivity index (χ1n) is 7.16. The lowest BCUT2D eigenvalue weighted by Crippen LogP contribution is -2.26. The van der Waals surface area contributed by atoms with E-state index in [1.54, 1.807) is 0 Å². The van der Waals surface area contributed by atoms with Gasteiger partial charge >= 0.3 is 0 Å². The molecule has 0 radical (unpaired) electrons. The third kappa shape index (κ3) is 1.73. The monoisotopic (exact) mass is 328 g/mol. The lowest BCUT2D eigenvalue weighted by Gasteiger charge is -2.34. The Hall–Kier alpha value is -1.32. The third-order valence-electron chi connectivity index (χ3n) is 4.60. The van der Waals surface area contributed by atoms with Crippen molar-refractivity contribution in [3.05, 3.63) is 58.1 Å². The van der Waals surface area contributed by atoms with E-state index in [-0.39, 0.29) is 6.04 Å². The molecule has 0 bridgehead atoms. The molecule has 2 nitrogen and oxygen atoms in total. The minimum Gasteiger partial charge on any atom is -0.340 e. The minimum absolute atomic E-state index is 0.217. The van der Waals surface area contributed by atoms with Crippen molar-refractivity contribution in [1.29, 1.82) is 0 Å². The molecule has 3 heteroatoms. The molecule has 0 aromatic heterocycles. The topological polar surface area (TPSA) is 29.3 Å². The van der Waals surface area contributed by atoms with Gasteiger partial charge in [-0.25, -0.2) is 0 Å². The van der Waals surface area contributed by atoms with Crippen molar-refractivity contribution in [2.75, 3.05) is 11.4 Å². The first kappa shape index (κ1) is 12.4. The second-order valence-corrected chi connectivity index (χ2v) is 6.57. The number of hydrogen-bond acceptors (Lipinski definition) is 2. The number of hydrogen-bond donors (Lipinski definition) is 1. The van der Waals surface area contributed by atoms with Gasteiger partial charge < -0.3 is 10.6 Å². The van der Waals surface area contributed by atoms with Gasteiger partial charge in [-0.05, 0) is 64.0 Å². The highest BCUT2D eigenvalue weighted by Gasteiger charge is 2.35. The smallest absolute Gasteiger partial charge is 0.0555 e. The number of nitrogens with zero attached hydrogens (tertiary/aromatic N) is 1. The molecule has 0 fully saturated rings. The summed E-state index contributed by atoms with van der Waals surface area (Å²) in [6, 6.07) is 15.2. The zero-order valence-corrected chi connectivity index (χ0v) is 12.8. The van der Waals surface area contributed by atoms with Crippen LogP contribution in [0, 0.1) is 0 Å². The van der Waals surface area contributed by atoms with Crippen LogP contribution >= 0.6 is 15.9 Å². The fraction of sp³-hybridized carbons (Fsp3) is 0.294. The SMILES string of the molecule is NC1CC2CCN(c3ccccc3Br)c3cccc1c32. The van der Waals surface area contributed by atoms with Crippen LogP contribution in [0.15, 0.2) is 46.9 Å². The Kier molecular flexibility index (Phi) is 2.86. The lowest BCUT2D eigenvalue weighted by molar-refractivity contribution is 0.557. The molecule has 0 saturated carbocycles. The number of para-hydroxylation sites is 1. The van der Waals surface area contributed by atoms with Gasteiger partial charge in [-0.15, -0.1) is 0 Å². The van der Waals surface area contributed by atoms with E-state index in [0.717, 1.165) is 17.4 Å². The summed E-state index contributed by atoms with van der Waals surface area (Å²) in [6.07, 6.45) is 2.30. The Bertz CT molecular complexity index is 668. The van der Waals surface area contributed by atoms with E-state index in [9.17, 15) is 0 Å². The lowest BCUT2D eigenvalue weighted by atomic mass is 9.91. The molecule has 2 aromatic carbocycles. The van der Waals surface area contributed by atoms with E-state index >= 15 is 0 Å². The van der Waals surface area contributed by atoms with Crippen LogP contribution in [0.4, 0.5) is 11.4 Å². The van der Waals surface area contributed by atoms with Crippen molar-refractivity contribution in [3.63, 3.8) is 0 Å². The number of anilines is 2. The van der Waals surface area contributed by atoms with Crippen molar-refractivity contribution >= 4 is 27.3 Å². The number of nitrogens with two attached hydrogens (primary N) is 1. The molecule has 1 aliphatic heterocycles. The summed E-state index contributed by atoms with van der Waals surface area (Å²) in [4.78, 5) is 2.43. The molecule has 1 heterocycles. The molecule has 0 amide bonds. The van der Waals surface area contributed by atoms with Gasteiger partial charge in [0.15, 0.2) is 0 Å². The van der Waals surface area contributed by atoms with Crippen molar-refractivity contribution in [2.45, 2.75) is 24.8 Å². The van der Waals surface area contributed by atoms with Gasteiger partial charge in [-0.1, -0.05) is 24.3 Å². The predicted molar refractivity (Wildman–Crippen MR) is 86.5 cm³/mol. The fourth-order valence-corrected chi connectivity index (χ4v) is 4.21. The largest absolute Gasteiger partial charge is 0.340 e. The van der Waals surface area contributed by atoms with Crippen LogP contribution in [0.5, 0.6) is 0 Å². The van der Waals surface area contributed by atoms with E-state index in [1.165, 1.54) is 28.9 Å². The van der Waals surface area contributed by atoms with E-state index in [1.807, 2.05) is 0 Å². The Morgan fingerprint density at radius 1 is 1.05 bits per heavy atom. The summed E-state index contributed by atoms with van der Waals surface area (Å²) in [6.45, 7) is 1.07. The summed E-state index contributed by atoms with van der Waals surface area (Å²) < 4.78 is 1.15. The highest BCUT2D eigenvalue weighted by molar-refractivity contribution is 9.10. The van der Waals surface area contributed by atoms with Crippen LogP contribution in [0.1, 0.15) is 35.9 Å². The molecule has 4 rings (SSSR count). The van der Waals surface area contributed by atoms with Gasteiger partial charge in [0.2, 0.25) is 0 Å². The van der Waals surface area contributed by atoms with Gasteiger partial charge in [0.25, 0.3) is 0 Å². The molecule has 2 aromatic rings. The standard InChI is InChI=1S/C17H17BrN2/c18-13-5-1-2-6-15(13)20-9-8-11-10-14(19)12-4-3-7-16(20)17(11)12/h1-7,11,14H,8-10,19H2. The molecule has 20 heavy (non-hydrogen) atoms. The van der Waals surface area contributed by atoms with Crippen molar-refractivity contribution in [2.24, 2.45) is 5.73 Å². The molecule has 0 spiro atoms. The Labute approximate surface area is 127 Å². The Morgan fingerprint density at radius 2 is 1.85 bits per heavy atom. The first-order chi connectivity index (χ1) is 9.75. The van der Waals surface area contributed by atoms with Crippen LogP contribution in [-0.2, 0) is 0 Å². The van der Waals surface area contributed by atoms with Crippen LogP contribution in [0.3, 0.4) is 0 Å². The molecule has 2 atom stereocenters. The Balaban J connectivity index is 1.88. The number of halogens is 1. The average molecular weight is 329 g/mol. The summed E-state index contributed by atoms with van der Waals surface area (Å²) in [5.41, 5.74) is 11.7. The van der Waals surface area contributed by atoms with Crippen LogP contribution in [0.25, 0.3) is 0 Å². The molecule has 2 unspecified atom stereocenters. The maximum absolute atomic E-state index is 6.30. The van der Waals surface area contributed by atoms with Gasteiger partial charge in [0, 0.05) is 22.7 Å². The number of benzene rings is 2. The van der Waals surface area contributed by atoms with Gasteiger partial charge in [0.05, 0.1) is 5.69 Å². The quantitative estimate of drug-likeness (QED) is 0.836. The average Bonchev–Trinajstić information content (AvgIpc) is 2.79. The van der Waals surface area contributed by atoms with E-state index in [4.69, 9.17) is 5.73 Å². The second kappa shape index (κ2) is 4.61. The zero-order chi connectivity index (χ0) is 13.7. The molecule has 102 valence electrons. The predicted octanol–water partition coefficient (Wildman–Crippen LogP) is 4.48. The van der Waals surface area contributed by atoms with Crippen molar-refractivity contribution < 1.29 is 0 Å². The summed E-state index contributed by atoms with van der Waals surface area (Å²) >= 11 is 3.68. The molecule has 0 saturated heterocycles. The number of rotatable bonds is 1. The van der Waals surface area contributed by atoms with Crippen molar-refractivity contribution in [1.82, 2.24) is 0 Å². The summed E-state index contributed by atoms with van der Waals surface area (Å²) in [7, 11) is 0. The fourth-order valence-electron chi connectivity index (χ4n) is 3.71. The zero-order valence-electron chi connectivity index (χ0n) is 11.2. The summed E-state index contributed by atoms with van der Waals surface area (Å²) in [5, 5.41) is 0.